The highest BCUT2D eigenvalue weighted by Crippen LogP contribution is 2.29. The normalized spacial score (nSPS) is 16.2. The number of hydrogen-bond acceptors (Lipinski definition) is 6. The van der Waals surface area contributed by atoms with Gasteiger partial charge in [-0.2, -0.15) is 8.42 Å². The first-order valence-electron chi connectivity index (χ1n) is 5.72. The van der Waals surface area contributed by atoms with Crippen molar-refractivity contribution in [1.29, 1.82) is 0 Å². The molecule has 0 saturated carbocycles. The molecule has 20 heavy (non-hydrogen) atoms. The lowest BCUT2D eigenvalue weighted by molar-refractivity contribution is 0.0864. The summed E-state index contributed by atoms with van der Waals surface area (Å²) in [6, 6.07) is 6.15. The number of carbonyl (C=O) groups is 1. The number of nitrogens with zero attached hydrogens (tertiary/aromatic N) is 3. The summed E-state index contributed by atoms with van der Waals surface area (Å²) >= 11 is 0. The molecule has 7 nitrogen and oxygen atoms in total. The van der Waals surface area contributed by atoms with Gasteiger partial charge >= 0.3 is 0 Å². The van der Waals surface area contributed by atoms with Crippen LogP contribution in [-0.2, 0) is 16.6 Å². The molecule has 2 N–H and O–H groups in total. The van der Waals surface area contributed by atoms with Gasteiger partial charge in [0, 0.05) is 12.4 Å². The predicted octanol–water partition coefficient (Wildman–Crippen LogP) is 0.403. The second-order valence-electron chi connectivity index (χ2n) is 4.26. The number of hydrogen-bond donors (Lipinski definition) is 1. The van der Waals surface area contributed by atoms with Crippen molar-refractivity contribution < 1.29 is 13.2 Å². The summed E-state index contributed by atoms with van der Waals surface area (Å²) < 4.78 is 25.3. The highest BCUT2D eigenvalue weighted by molar-refractivity contribution is 7.90. The lowest BCUT2D eigenvalue weighted by atomic mass is 10.2. The Bertz CT molecular complexity index is 787. The van der Waals surface area contributed by atoms with Crippen molar-refractivity contribution in [3.8, 4) is 0 Å². The molecule has 0 radical (unpaired) electrons. The molecule has 1 amide bonds. The lowest BCUT2D eigenvalue weighted by Gasteiger charge is -2.14. The van der Waals surface area contributed by atoms with Crippen molar-refractivity contribution in [2.24, 2.45) is 0 Å². The Labute approximate surface area is 115 Å². The number of nitrogen functional groups attached to an aromatic ring is 1. The standard InChI is InChI=1S/C12H10N4O3S/c13-10-4-3-8(6-15-10)7-16-12(17)9-2-1-5-14-11(9)20(16,18)19/h1-6H,7H2,(H2,13,15). The number of rotatable bonds is 2. The molecular formula is C12H10N4O3S. The van der Waals surface area contributed by atoms with Crippen LogP contribution in [0.5, 0.6) is 0 Å². The smallest absolute Gasteiger partial charge is 0.285 e. The van der Waals surface area contributed by atoms with Gasteiger partial charge in [0.05, 0.1) is 12.1 Å². The molecular weight excluding hydrogens is 280 g/mol. The Morgan fingerprint density at radius 1 is 1.20 bits per heavy atom. The van der Waals surface area contributed by atoms with Crippen molar-refractivity contribution in [3.05, 3.63) is 47.8 Å². The van der Waals surface area contributed by atoms with Crippen molar-refractivity contribution in [1.82, 2.24) is 14.3 Å². The zero-order chi connectivity index (χ0) is 14.3. The van der Waals surface area contributed by atoms with Crippen LogP contribution in [0.2, 0.25) is 0 Å². The van der Waals surface area contributed by atoms with Crippen LogP contribution < -0.4 is 5.73 Å². The van der Waals surface area contributed by atoms with E-state index in [4.69, 9.17) is 5.73 Å². The molecule has 0 aliphatic carbocycles. The number of carbonyl (C=O) groups excluding carboxylic acids is 1. The number of pyridine rings is 2. The molecule has 0 unspecified atom stereocenters. The fourth-order valence-electron chi connectivity index (χ4n) is 1.96. The summed E-state index contributed by atoms with van der Waals surface area (Å²) in [4.78, 5) is 19.8. The van der Waals surface area contributed by atoms with Gasteiger partial charge in [-0.3, -0.25) is 4.79 Å². The number of anilines is 1. The monoisotopic (exact) mass is 290 g/mol. The first kappa shape index (κ1) is 12.5. The molecule has 0 saturated heterocycles. The van der Waals surface area contributed by atoms with Gasteiger partial charge in [-0.1, -0.05) is 6.07 Å². The molecule has 3 rings (SSSR count). The van der Waals surface area contributed by atoms with E-state index >= 15 is 0 Å². The Morgan fingerprint density at radius 2 is 2.00 bits per heavy atom. The Kier molecular flexibility index (Phi) is 2.68. The van der Waals surface area contributed by atoms with Crippen molar-refractivity contribution >= 4 is 21.7 Å². The Balaban J connectivity index is 2.00. The molecule has 0 fully saturated rings. The maximum Gasteiger partial charge on any atom is 0.285 e. The molecule has 0 spiro atoms. The van der Waals surface area contributed by atoms with E-state index in [1.54, 1.807) is 12.1 Å². The van der Waals surface area contributed by atoms with Gasteiger partial charge in [-0.05, 0) is 23.8 Å². The molecule has 102 valence electrons. The van der Waals surface area contributed by atoms with E-state index in [0.29, 0.717) is 11.4 Å². The maximum absolute atomic E-state index is 12.3. The fraction of sp³-hybridized carbons (Fsp3) is 0.0833. The second kappa shape index (κ2) is 4.27. The van der Waals surface area contributed by atoms with Crippen LogP contribution in [0.1, 0.15) is 15.9 Å². The summed E-state index contributed by atoms with van der Waals surface area (Å²) in [5.41, 5.74) is 6.13. The van der Waals surface area contributed by atoms with Crippen molar-refractivity contribution in [3.63, 3.8) is 0 Å². The van der Waals surface area contributed by atoms with E-state index in [0.717, 1.165) is 4.31 Å². The summed E-state index contributed by atoms with van der Waals surface area (Å²) in [6.07, 6.45) is 2.78. The number of amides is 1. The van der Waals surface area contributed by atoms with Crippen LogP contribution in [0.4, 0.5) is 5.82 Å². The van der Waals surface area contributed by atoms with E-state index in [2.05, 4.69) is 9.97 Å². The minimum atomic E-state index is -3.89. The first-order chi connectivity index (χ1) is 9.50. The molecule has 1 aliphatic heterocycles. The van der Waals surface area contributed by atoms with E-state index < -0.39 is 15.9 Å². The topological polar surface area (TPSA) is 106 Å². The van der Waals surface area contributed by atoms with Gasteiger partial charge in [0.15, 0.2) is 5.03 Å². The van der Waals surface area contributed by atoms with Gasteiger partial charge in [-0.25, -0.2) is 14.3 Å². The third-order valence-electron chi connectivity index (χ3n) is 2.94. The fourth-order valence-corrected chi connectivity index (χ4v) is 3.43. The first-order valence-corrected chi connectivity index (χ1v) is 7.16. The van der Waals surface area contributed by atoms with Gasteiger partial charge in [0.25, 0.3) is 15.9 Å². The Morgan fingerprint density at radius 3 is 2.65 bits per heavy atom. The number of sulfonamides is 1. The van der Waals surface area contributed by atoms with Crippen molar-refractivity contribution in [2.75, 3.05) is 5.73 Å². The predicted molar refractivity (Wildman–Crippen MR) is 69.9 cm³/mol. The summed E-state index contributed by atoms with van der Waals surface area (Å²) in [5.74, 6) is -0.251. The number of aromatic nitrogens is 2. The van der Waals surface area contributed by atoms with E-state index in [9.17, 15) is 13.2 Å². The van der Waals surface area contributed by atoms with E-state index in [1.807, 2.05) is 0 Å². The zero-order valence-corrected chi connectivity index (χ0v) is 11.0. The van der Waals surface area contributed by atoms with Crippen LogP contribution in [-0.4, -0.2) is 28.6 Å². The van der Waals surface area contributed by atoms with Crippen LogP contribution >= 0.6 is 0 Å². The Hall–Kier alpha value is -2.48. The third-order valence-corrected chi connectivity index (χ3v) is 4.63. The zero-order valence-electron chi connectivity index (χ0n) is 10.2. The lowest BCUT2D eigenvalue weighted by Crippen LogP contribution is -2.29. The average molecular weight is 290 g/mol. The van der Waals surface area contributed by atoms with Crippen LogP contribution in [0.25, 0.3) is 0 Å². The molecule has 3 heterocycles. The molecule has 0 aromatic carbocycles. The third kappa shape index (κ3) is 1.81. The van der Waals surface area contributed by atoms with E-state index in [-0.39, 0.29) is 17.1 Å². The number of fused-ring (bicyclic) bond motifs is 1. The minimum Gasteiger partial charge on any atom is -0.384 e. The van der Waals surface area contributed by atoms with Crippen LogP contribution in [0.15, 0.2) is 41.7 Å². The highest BCUT2D eigenvalue weighted by atomic mass is 32.2. The quantitative estimate of drug-likeness (QED) is 0.858. The SMILES string of the molecule is Nc1ccc(CN2C(=O)c3cccnc3S2(=O)=O)cn1. The summed E-state index contributed by atoms with van der Waals surface area (Å²) in [5, 5.41) is -0.201. The van der Waals surface area contributed by atoms with E-state index in [1.165, 1.54) is 24.5 Å². The largest absolute Gasteiger partial charge is 0.384 e. The molecule has 2 aromatic heterocycles. The molecule has 0 bridgehead atoms. The van der Waals surface area contributed by atoms with Crippen molar-refractivity contribution in [2.45, 2.75) is 11.6 Å². The second-order valence-corrected chi connectivity index (χ2v) is 6.04. The van der Waals surface area contributed by atoms with Gasteiger partial charge in [-0.15, -0.1) is 0 Å². The summed E-state index contributed by atoms with van der Waals surface area (Å²) in [6.45, 7) is -0.0925. The highest BCUT2D eigenvalue weighted by Gasteiger charge is 2.42. The van der Waals surface area contributed by atoms with Gasteiger partial charge in [0.2, 0.25) is 0 Å². The minimum absolute atomic E-state index is 0.0925. The average Bonchev–Trinajstić information content (AvgIpc) is 2.63. The molecule has 0 atom stereocenters. The molecule has 1 aliphatic rings. The molecule has 8 heteroatoms. The summed E-state index contributed by atoms with van der Waals surface area (Å²) in [7, 11) is -3.89. The maximum atomic E-state index is 12.3. The molecule has 2 aromatic rings. The van der Waals surface area contributed by atoms with Crippen LogP contribution in [0, 0.1) is 0 Å². The number of nitrogens with two attached hydrogens (primary N) is 1. The van der Waals surface area contributed by atoms with Crippen LogP contribution in [0.3, 0.4) is 0 Å². The van der Waals surface area contributed by atoms with Gasteiger partial charge < -0.3 is 5.73 Å². The van der Waals surface area contributed by atoms with Gasteiger partial charge in [0.1, 0.15) is 5.82 Å².